The Kier molecular flexibility index (Phi) is 2.59. The Morgan fingerprint density at radius 3 is 2.69 bits per heavy atom. The molecule has 0 saturated carbocycles. The number of hydrogen-bond donors (Lipinski definition) is 1. The quantitative estimate of drug-likeness (QED) is 0.523. The lowest BCUT2D eigenvalue weighted by Gasteiger charge is -2.44. The highest BCUT2D eigenvalue weighted by atomic mass is 16.6. The van der Waals surface area contributed by atoms with E-state index in [1.807, 2.05) is 13.8 Å². The Bertz CT molecular complexity index is 239. The van der Waals surface area contributed by atoms with Crippen molar-refractivity contribution < 1.29 is 14.3 Å². The highest BCUT2D eigenvalue weighted by Crippen LogP contribution is 2.35. The van der Waals surface area contributed by atoms with E-state index in [4.69, 9.17) is 4.74 Å². The Morgan fingerprint density at radius 1 is 1.69 bits per heavy atom. The molecule has 0 spiro atoms. The van der Waals surface area contributed by atoms with Crippen molar-refractivity contribution in [2.45, 2.75) is 39.8 Å². The molecule has 1 N–H and O–H groups in total. The van der Waals surface area contributed by atoms with Gasteiger partial charge in [-0.1, -0.05) is 13.3 Å². The molecule has 0 aromatic rings. The number of nitrogens with one attached hydrogen (secondary N) is 1. The van der Waals surface area contributed by atoms with Crippen molar-refractivity contribution >= 4 is 11.9 Å². The molecule has 0 aliphatic carbocycles. The van der Waals surface area contributed by atoms with Crippen LogP contribution in [0.25, 0.3) is 0 Å². The molecule has 1 saturated heterocycles. The molecule has 1 heterocycles. The molecule has 1 rings (SSSR count). The van der Waals surface area contributed by atoms with Crippen LogP contribution in [0.4, 0.5) is 0 Å². The average molecular weight is 185 g/mol. The molecule has 0 radical (unpaired) electrons. The van der Waals surface area contributed by atoms with Gasteiger partial charge in [0.1, 0.15) is 5.41 Å². The summed E-state index contributed by atoms with van der Waals surface area (Å²) in [5, 5.41) is 2.57. The first-order chi connectivity index (χ1) is 6.00. The molecule has 0 aromatic heterocycles. The summed E-state index contributed by atoms with van der Waals surface area (Å²) in [6.07, 6.45) is 1.22. The molecule has 1 aliphatic heterocycles. The van der Waals surface area contributed by atoms with E-state index < -0.39 is 11.6 Å². The van der Waals surface area contributed by atoms with Crippen molar-refractivity contribution in [1.82, 2.24) is 5.32 Å². The maximum atomic E-state index is 11.2. The monoisotopic (exact) mass is 185 g/mol. The van der Waals surface area contributed by atoms with E-state index in [-0.39, 0.29) is 11.9 Å². The van der Waals surface area contributed by atoms with Gasteiger partial charge < -0.3 is 10.1 Å². The van der Waals surface area contributed by atoms with E-state index in [9.17, 15) is 9.59 Å². The van der Waals surface area contributed by atoms with Crippen molar-refractivity contribution in [3.63, 3.8) is 0 Å². The predicted molar refractivity (Wildman–Crippen MR) is 46.7 cm³/mol. The van der Waals surface area contributed by atoms with Gasteiger partial charge >= 0.3 is 5.97 Å². The fourth-order valence-electron chi connectivity index (χ4n) is 1.57. The van der Waals surface area contributed by atoms with Crippen LogP contribution in [0.2, 0.25) is 0 Å². The maximum absolute atomic E-state index is 11.2. The molecule has 4 nitrogen and oxygen atoms in total. The minimum Gasteiger partial charge on any atom is -0.441 e. The second-order valence-electron chi connectivity index (χ2n) is 3.63. The third kappa shape index (κ3) is 1.66. The summed E-state index contributed by atoms with van der Waals surface area (Å²) in [4.78, 5) is 21.9. The molecule has 2 unspecified atom stereocenters. The van der Waals surface area contributed by atoms with Gasteiger partial charge in [0.25, 0.3) is 0 Å². The van der Waals surface area contributed by atoms with Crippen LogP contribution < -0.4 is 5.32 Å². The minimum absolute atomic E-state index is 0.0272. The molecule has 1 aliphatic rings. The standard InChI is InChI=1S/C9H15NO3/c1-4-5-9(3)7(12)10-8(9)13-6(2)11/h8H,4-5H2,1-3H3,(H,10,12). The smallest absolute Gasteiger partial charge is 0.304 e. The molecule has 0 aromatic carbocycles. The zero-order valence-electron chi connectivity index (χ0n) is 8.22. The van der Waals surface area contributed by atoms with E-state index in [1.54, 1.807) is 0 Å². The number of amides is 1. The lowest BCUT2D eigenvalue weighted by molar-refractivity contribution is -0.181. The Morgan fingerprint density at radius 2 is 2.31 bits per heavy atom. The van der Waals surface area contributed by atoms with E-state index in [0.29, 0.717) is 0 Å². The maximum Gasteiger partial charge on any atom is 0.304 e. The third-order valence-corrected chi connectivity index (χ3v) is 2.41. The summed E-state index contributed by atoms with van der Waals surface area (Å²) in [5.41, 5.74) is -0.513. The summed E-state index contributed by atoms with van der Waals surface area (Å²) in [6, 6.07) is 0. The zero-order valence-corrected chi connectivity index (χ0v) is 8.22. The minimum atomic E-state index is -0.513. The molecule has 0 bridgehead atoms. The summed E-state index contributed by atoms with van der Waals surface area (Å²) in [5.74, 6) is -0.382. The van der Waals surface area contributed by atoms with Gasteiger partial charge in [-0.15, -0.1) is 0 Å². The Hall–Kier alpha value is -1.06. The Balaban J connectivity index is 2.59. The molecule has 13 heavy (non-hydrogen) atoms. The van der Waals surface area contributed by atoms with Gasteiger partial charge in [-0.2, -0.15) is 0 Å². The fourth-order valence-corrected chi connectivity index (χ4v) is 1.57. The van der Waals surface area contributed by atoms with Crippen LogP contribution in [0, 0.1) is 5.41 Å². The van der Waals surface area contributed by atoms with E-state index in [1.165, 1.54) is 6.92 Å². The Labute approximate surface area is 77.6 Å². The highest BCUT2D eigenvalue weighted by Gasteiger charge is 2.52. The zero-order chi connectivity index (χ0) is 10.1. The fraction of sp³-hybridized carbons (Fsp3) is 0.778. The van der Waals surface area contributed by atoms with Crippen molar-refractivity contribution in [3.8, 4) is 0 Å². The summed E-state index contributed by atoms with van der Waals surface area (Å²) < 4.78 is 4.95. The highest BCUT2D eigenvalue weighted by molar-refractivity contribution is 5.89. The average Bonchev–Trinajstić information content (AvgIpc) is 2.04. The van der Waals surface area contributed by atoms with E-state index >= 15 is 0 Å². The van der Waals surface area contributed by atoms with Crippen molar-refractivity contribution in [2.24, 2.45) is 5.41 Å². The number of hydrogen-bond acceptors (Lipinski definition) is 3. The van der Waals surface area contributed by atoms with Crippen molar-refractivity contribution in [1.29, 1.82) is 0 Å². The molecular weight excluding hydrogens is 170 g/mol. The van der Waals surface area contributed by atoms with Gasteiger partial charge in [-0.25, -0.2) is 0 Å². The van der Waals surface area contributed by atoms with Gasteiger partial charge in [-0.05, 0) is 13.3 Å². The van der Waals surface area contributed by atoms with Crippen LogP contribution in [0.5, 0.6) is 0 Å². The van der Waals surface area contributed by atoms with Crippen LogP contribution in [-0.2, 0) is 14.3 Å². The number of esters is 1. The SMILES string of the molecule is CCCC1(C)C(=O)NC1OC(C)=O. The second-order valence-corrected chi connectivity index (χ2v) is 3.63. The first-order valence-corrected chi connectivity index (χ1v) is 4.49. The van der Waals surface area contributed by atoms with Crippen LogP contribution in [0.1, 0.15) is 33.6 Å². The third-order valence-electron chi connectivity index (χ3n) is 2.41. The second kappa shape index (κ2) is 3.36. The molecule has 1 fully saturated rings. The van der Waals surface area contributed by atoms with Gasteiger partial charge in [0.05, 0.1) is 0 Å². The van der Waals surface area contributed by atoms with Crippen LogP contribution in [0.3, 0.4) is 0 Å². The van der Waals surface area contributed by atoms with Gasteiger partial charge in [0.2, 0.25) is 5.91 Å². The molecular formula is C9H15NO3. The first kappa shape index (κ1) is 10.0. The van der Waals surface area contributed by atoms with Gasteiger partial charge in [0, 0.05) is 6.92 Å². The largest absolute Gasteiger partial charge is 0.441 e. The van der Waals surface area contributed by atoms with E-state index in [0.717, 1.165) is 12.8 Å². The number of β-lactam (4-membered cyclic amide) rings is 1. The molecule has 4 heteroatoms. The van der Waals surface area contributed by atoms with Crippen molar-refractivity contribution in [3.05, 3.63) is 0 Å². The molecule has 74 valence electrons. The van der Waals surface area contributed by atoms with Crippen LogP contribution in [-0.4, -0.2) is 18.1 Å². The van der Waals surface area contributed by atoms with Crippen molar-refractivity contribution in [2.75, 3.05) is 0 Å². The number of ether oxygens (including phenoxy) is 1. The first-order valence-electron chi connectivity index (χ1n) is 4.49. The lowest BCUT2D eigenvalue weighted by atomic mass is 9.76. The van der Waals surface area contributed by atoms with Crippen LogP contribution in [0.15, 0.2) is 0 Å². The topological polar surface area (TPSA) is 55.4 Å². The number of carbonyl (C=O) groups is 2. The van der Waals surface area contributed by atoms with Crippen LogP contribution >= 0.6 is 0 Å². The number of rotatable bonds is 3. The normalized spacial score (nSPS) is 31.9. The summed E-state index contributed by atoms with van der Waals surface area (Å²) in [7, 11) is 0. The lowest BCUT2D eigenvalue weighted by Crippen LogP contribution is -2.67. The summed E-state index contributed by atoms with van der Waals surface area (Å²) >= 11 is 0. The van der Waals surface area contributed by atoms with E-state index in [2.05, 4.69) is 5.32 Å². The molecule has 2 atom stereocenters. The van der Waals surface area contributed by atoms with Gasteiger partial charge in [0.15, 0.2) is 6.23 Å². The summed E-state index contributed by atoms with van der Waals surface area (Å²) in [6.45, 7) is 5.17. The van der Waals surface area contributed by atoms with Gasteiger partial charge in [-0.3, -0.25) is 9.59 Å². The predicted octanol–water partition coefficient (Wildman–Crippen LogP) is 0.812. The molecule has 1 amide bonds. The number of carbonyl (C=O) groups excluding carboxylic acids is 2.